The quantitative estimate of drug-likeness (QED) is 0.879. The molecule has 18 heavy (non-hydrogen) atoms. The van der Waals surface area contributed by atoms with Crippen molar-refractivity contribution in [1.29, 1.82) is 0 Å². The molecule has 1 saturated heterocycles. The molecule has 0 saturated carbocycles. The van der Waals surface area contributed by atoms with E-state index in [4.69, 9.17) is 9.47 Å². The molecule has 2 rings (SSSR count). The number of hydrogen-bond donors (Lipinski definition) is 1. The van der Waals surface area contributed by atoms with E-state index < -0.39 is 6.10 Å². The third-order valence-corrected chi connectivity index (χ3v) is 3.54. The summed E-state index contributed by atoms with van der Waals surface area (Å²) in [5, 5.41) is 10.4. The van der Waals surface area contributed by atoms with Crippen LogP contribution in [0.4, 0.5) is 0 Å². The second kappa shape index (κ2) is 6.18. The number of hydrogen-bond acceptors (Lipinski definition) is 4. The van der Waals surface area contributed by atoms with Crippen LogP contribution in [0.25, 0.3) is 0 Å². The molecule has 4 heteroatoms. The van der Waals surface area contributed by atoms with Gasteiger partial charge in [0.05, 0.1) is 26.4 Å². The van der Waals surface area contributed by atoms with Gasteiger partial charge < -0.3 is 14.6 Å². The smallest absolute Gasteiger partial charge is 0.118 e. The van der Waals surface area contributed by atoms with Crippen molar-refractivity contribution in [3.05, 3.63) is 29.8 Å². The Labute approximate surface area is 108 Å². The fourth-order valence-corrected chi connectivity index (χ4v) is 2.26. The van der Waals surface area contributed by atoms with Crippen LogP contribution in [0, 0.1) is 0 Å². The maximum absolute atomic E-state index is 10.4. The lowest BCUT2D eigenvalue weighted by atomic mass is 10.0. The molecule has 1 fully saturated rings. The Kier molecular flexibility index (Phi) is 4.58. The van der Waals surface area contributed by atoms with Gasteiger partial charge in [0, 0.05) is 19.1 Å². The summed E-state index contributed by atoms with van der Waals surface area (Å²) in [6.45, 7) is 5.32. The number of benzene rings is 1. The van der Waals surface area contributed by atoms with E-state index in [-0.39, 0.29) is 6.04 Å². The topological polar surface area (TPSA) is 41.9 Å². The first-order chi connectivity index (χ1) is 8.72. The molecule has 0 bridgehead atoms. The minimum atomic E-state index is -0.478. The van der Waals surface area contributed by atoms with Crippen LogP contribution >= 0.6 is 0 Å². The van der Waals surface area contributed by atoms with Crippen molar-refractivity contribution in [1.82, 2.24) is 4.90 Å². The molecule has 0 aromatic heterocycles. The van der Waals surface area contributed by atoms with Crippen molar-refractivity contribution in [2.45, 2.75) is 19.1 Å². The molecular weight excluding hydrogens is 230 g/mol. The molecule has 100 valence electrons. The first kappa shape index (κ1) is 13.3. The number of rotatable bonds is 4. The zero-order valence-corrected chi connectivity index (χ0v) is 11.0. The number of methoxy groups -OCH3 is 1. The Morgan fingerprint density at radius 1 is 1.22 bits per heavy atom. The van der Waals surface area contributed by atoms with Crippen molar-refractivity contribution >= 4 is 0 Å². The van der Waals surface area contributed by atoms with Crippen molar-refractivity contribution in [3.8, 4) is 5.75 Å². The van der Waals surface area contributed by atoms with Gasteiger partial charge in [-0.05, 0) is 24.6 Å². The average Bonchev–Trinajstić information content (AvgIpc) is 2.47. The van der Waals surface area contributed by atoms with Crippen molar-refractivity contribution in [2.75, 3.05) is 33.4 Å². The van der Waals surface area contributed by atoms with Crippen molar-refractivity contribution in [3.63, 3.8) is 0 Å². The molecule has 0 spiro atoms. The van der Waals surface area contributed by atoms with Gasteiger partial charge in [0.2, 0.25) is 0 Å². The molecule has 0 aliphatic carbocycles. The van der Waals surface area contributed by atoms with Crippen molar-refractivity contribution < 1.29 is 14.6 Å². The lowest BCUT2D eigenvalue weighted by Gasteiger charge is -2.35. The van der Waals surface area contributed by atoms with Gasteiger partial charge in [-0.3, -0.25) is 4.90 Å². The average molecular weight is 251 g/mol. The number of nitrogens with zero attached hydrogens (tertiary/aromatic N) is 1. The minimum Gasteiger partial charge on any atom is -0.497 e. The monoisotopic (exact) mass is 251 g/mol. The first-order valence-corrected chi connectivity index (χ1v) is 6.36. The summed E-state index contributed by atoms with van der Waals surface area (Å²) in [5.74, 6) is 0.810. The molecule has 0 radical (unpaired) electrons. The van der Waals surface area contributed by atoms with Gasteiger partial charge in [0.25, 0.3) is 0 Å². The van der Waals surface area contributed by atoms with Crippen LogP contribution in [0.3, 0.4) is 0 Å². The SMILES string of the molecule is COc1ccc([C@H](O)[C@H](C)N2CCOCC2)cc1. The Bertz CT molecular complexity index is 360. The Morgan fingerprint density at radius 2 is 1.83 bits per heavy atom. The zero-order valence-electron chi connectivity index (χ0n) is 11.0. The maximum Gasteiger partial charge on any atom is 0.118 e. The second-order valence-corrected chi connectivity index (χ2v) is 4.61. The van der Waals surface area contributed by atoms with Gasteiger partial charge in [0.1, 0.15) is 5.75 Å². The van der Waals surface area contributed by atoms with Gasteiger partial charge >= 0.3 is 0 Å². The van der Waals surface area contributed by atoms with E-state index in [1.54, 1.807) is 7.11 Å². The summed E-state index contributed by atoms with van der Waals surface area (Å²) in [6, 6.07) is 7.69. The van der Waals surface area contributed by atoms with Crippen LogP contribution in [0.1, 0.15) is 18.6 Å². The summed E-state index contributed by atoms with van der Waals surface area (Å²) in [7, 11) is 1.64. The van der Waals surface area contributed by atoms with E-state index in [9.17, 15) is 5.11 Å². The molecule has 0 amide bonds. The van der Waals surface area contributed by atoms with Gasteiger partial charge in [-0.25, -0.2) is 0 Å². The van der Waals surface area contributed by atoms with Crippen LogP contribution in [-0.2, 0) is 4.74 Å². The van der Waals surface area contributed by atoms with Crippen LogP contribution in [-0.4, -0.2) is 49.5 Å². The highest BCUT2D eigenvalue weighted by Gasteiger charge is 2.24. The normalized spacial score (nSPS) is 20.4. The van der Waals surface area contributed by atoms with Gasteiger partial charge in [-0.2, -0.15) is 0 Å². The molecule has 1 aromatic rings. The first-order valence-electron chi connectivity index (χ1n) is 6.36. The minimum absolute atomic E-state index is 0.0993. The lowest BCUT2D eigenvalue weighted by molar-refractivity contribution is -0.0166. The predicted molar refractivity (Wildman–Crippen MR) is 69.8 cm³/mol. The van der Waals surface area contributed by atoms with E-state index in [1.165, 1.54) is 0 Å². The molecule has 1 N–H and O–H groups in total. The zero-order chi connectivity index (χ0) is 13.0. The number of morpholine rings is 1. The molecule has 1 aliphatic rings. The van der Waals surface area contributed by atoms with Gasteiger partial charge in [-0.15, -0.1) is 0 Å². The highest BCUT2D eigenvalue weighted by atomic mass is 16.5. The van der Waals surface area contributed by atoms with Crippen LogP contribution in [0.2, 0.25) is 0 Å². The maximum atomic E-state index is 10.4. The summed E-state index contributed by atoms with van der Waals surface area (Å²) < 4.78 is 10.4. The van der Waals surface area contributed by atoms with Gasteiger partial charge in [-0.1, -0.05) is 12.1 Å². The molecule has 4 nitrogen and oxygen atoms in total. The fraction of sp³-hybridized carbons (Fsp3) is 0.571. The molecule has 1 aliphatic heterocycles. The van der Waals surface area contributed by atoms with Crippen LogP contribution in [0.15, 0.2) is 24.3 Å². The standard InChI is InChI=1S/C14H21NO3/c1-11(15-7-9-18-10-8-15)14(16)12-3-5-13(17-2)6-4-12/h3-6,11,14,16H,7-10H2,1-2H3/t11-,14+/m0/s1. The molecule has 1 aromatic carbocycles. The second-order valence-electron chi connectivity index (χ2n) is 4.61. The Hall–Kier alpha value is -1.10. The third kappa shape index (κ3) is 3.02. The van der Waals surface area contributed by atoms with E-state index in [0.29, 0.717) is 0 Å². The molecule has 0 unspecified atom stereocenters. The Balaban J connectivity index is 2.01. The third-order valence-electron chi connectivity index (χ3n) is 3.54. The van der Waals surface area contributed by atoms with E-state index in [0.717, 1.165) is 37.6 Å². The summed E-state index contributed by atoms with van der Waals surface area (Å²) in [6.07, 6.45) is -0.478. The van der Waals surface area contributed by atoms with E-state index in [2.05, 4.69) is 11.8 Å². The predicted octanol–water partition coefficient (Wildman–Crippen LogP) is 1.45. The molecule has 2 atom stereocenters. The number of ether oxygens (including phenoxy) is 2. The summed E-state index contributed by atoms with van der Waals surface area (Å²) in [4.78, 5) is 2.26. The number of aliphatic hydroxyl groups is 1. The molecular formula is C14H21NO3. The van der Waals surface area contributed by atoms with Gasteiger partial charge in [0.15, 0.2) is 0 Å². The highest BCUT2D eigenvalue weighted by Crippen LogP contribution is 2.23. The summed E-state index contributed by atoms with van der Waals surface area (Å²) >= 11 is 0. The summed E-state index contributed by atoms with van der Waals surface area (Å²) in [5.41, 5.74) is 0.926. The molecule has 1 heterocycles. The van der Waals surface area contributed by atoms with Crippen LogP contribution in [0.5, 0.6) is 5.75 Å². The highest BCUT2D eigenvalue weighted by molar-refractivity contribution is 5.29. The Morgan fingerprint density at radius 3 is 2.39 bits per heavy atom. The number of aliphatic hydroxyl groups excluding tert-OH is 1. The fourth-order valence-electron chi connectivity index (χ4n) is 2.26. The largest absolute Gasteiger partial charge is 0.497 e. The van der Waals surface area contributed by atoms with Crippen molar-refractivity contribution in [2.24, 2.45) is 0 Å². The van der Waals surface area contributed by atoms with Crippen LogP contribution < -0.4 is 4.74 Å². The van der Waals surface area contributed by atoms with E-state index >= 15 is 0 Å². The van der Waals surface area contributed by atoms with E-state index in [1.807, 2.05) is 24.3 Å². The lowest BCUT2D eigenvalue weighted by Crippen LogP contribution is -2.44.